The second kappa shape index (κ2) is 6.09. The van der Waals surface area contributed by atoms with Crippen molar-refractivity contribution in [2.45, 2.75) is 6.42 Å². The summed E-state index contributed by atoms with van der Waals surface area (Å²) in [7, 11) is 0. The van der Waals surface area contributed by atoms with Gasteiger partial charge in [-0.05, 0) is 35.7 Å². The molecule has 6 nitrogen and oxygen atoms in total. The van der Waals surface area contributed by atoms with Crippen molar-refractivity contribution in [3.05, 3.63) is 70.3 Å². The summed E-state index contributed by atoms with van der Waals surface area (Å²) in [5.41, 5.74) is 0.549. The summed E-state index contributed by atoms with van der Waals surface area (Å²) in [6, 6.07) is 10.3. The number of carbonyl (C=O) groups is 3. The van der Waals surface area contributed by atoms with Crippen LogP contribution in [0, 0.1) is 0 Å². The van der Waals surface area contributed by atoms with E-state index in [9.17, 15) is 14.4 Å². The lowest BCUT2D eigenvalue weighted by atomic mass is 9.96. The van der Waals surface area contributed by atoms with Crippen molar-refractivity contribution in [1.29, 1.82) is 0 Å². The number of rotatable bonds is 5. The Morgan fingerprint density at radius 1 is 0.727 bits per heavy atom. The van der Waals surface area contributed by atoms with Crippen LogP contribution in [0.15, 0.2) is 42.5 Å². The molecule has 0 heterocycles. The first-order chi connectivity index (χ1) is 10.4. The van der Waals surface area contributed by atoms with Crippen LogP contribution in [-0.4, -0.2) is 33.2 Å². The zero-order valence-electron chi connectivity index (χ0n) is 11.3. The molecule has 0 fully saturated rings. The van der Waals surface area contributed by atoms with E-state index in [1.54, 1.807) is 18.2 Å². The molecule has 0 bridgehead atoms. The molecule has 112 valence electrons. The maximum Gasteiger partial charge on any atom is 0.336 e. The van der Waals surface area contributed by atoms with Crippen LogP contribution in [0.5, 0.6) is 0 Å². The molecule has 0 aliphatic heterocycles. The molecular weight excluding hydrogens is 288 g/mol. The minimum absolute atomic E-state index is 0.127. The predicted octanol–water partition coefficient (Wildman–Crippen LogP) is 2.37. The van der Waals surface area contributed by atoms with Crippen LogP contribution in [0.3, 0.4) is 0 Å². The number of hydrogen-bond acceptors (Lipinski definition) is 3. The van der Waals surface area contributed by atoms with Crippen LogP contribution in [0.25, 0.3) is 0 Å². The van der Waals surface area contributed by atoms with Crippen molar-refractivity contribution in [3.8, 4) is 0 Å². The molecule has 0 atom stereocenters. The zero-order chi connectivity index (χ0) is 16.3. The van der Waals surface area contributed by atoms with Gasteiger partial charge >= 0.3 is 17.9 Å². The molecule has 2 aromatic carbocycles. The maximum atomic E-state index is 11.2. The summed E-state index contributed by atoms with van der Waals surface area (Å²) in [4.78, 5) is 33.3. The van der Waals surface area contributed by atoms with Crippen molar-refractivity contribution < 1.29 is 29.7 Å². The SMILES string of the molecule is O=C(O)c1ccccc1Cc1ccc(C(=O)O)c(C(=O)O)c1. The third kappa shape index (κ3) is 3.12. The molecular formula is C16H12O6. The van der Waals surface area contributed by atoms with Gasteiger partial charge in [0.2, 0.25) is 0 Å². The topological polar surface area (TPSA) is 112 Å². The van der Waals surface area contributed by atoms with Crippen molar-refractivity contribution >= 4 is 17.9 Å². The fourth-order valence-electron chi connectivity index (χ4n) is 2.17. The Bertz CT molecular complexity index is 763. The first-order valence-electron chi connectivity index (χ1n) is 6.31. The summed E-state index contributed by atoms with van der Waals surface area (Å²) in [6.07, 6.45) is 0.197. The molecule has 0 unspecified atom stereocenters. The van der Waals surface area contributed by atoms with E-state index in [1.807, 2.05) is 0 Å². The summed E-state index contributed by atoms with van der Waals surface area (Å²) >= 11 is 0. The molecule has 2 rings (SSSR count). The highest BCUT2D eigenvalue weighted by Gasteiger charge is 2.17. The Kier molecular flexibility index (Phi) is 4.22. The van der Waals surface area contributed by atoms with Crippen LogP contribution in [-0.2, 0) is 6.42 Å². The van der Waals surface area contributed by atoms with E-state index in [2.05, 4.69) is 0 Å². The van der Waals surface area contributed by atoms with E-state index >= 15 is 0 Å². The van der Waals surface area contributed by atoms with Crippen LogP contribution >= 0.6 is 0 Å². The number of carboxylic acids is 3. The van der Waals surface area contributed by atoms with E-state index in [1.165, 1.54) is 24.3 Å². The highest BCUT2D eigenvalue weighted by atomic mass is 16.4. The molecule has 3 N–H and O–H groups in total. The first-order valence-corrected chi connectivity index (χ1v) is 6.31. The highest BCUT2D eigenvalue weighted by molar-refractivity contribution is 6.01. The lowest BCUT2D eigenvalue weighted by Crippen LogP contribution is -2.09. The van der Waals surface area contributed by atoms with Crippen molar-refractivity contribution in [2.75, 3.05) is 0 Å². The van der Waals surface area contributed by atoms with E-state index in [0.717, 1.165) is 0 Å². The molecule has 6 heteroatoms. The Labute approximate surface area is 125 Å². The monoisotopic (exact) mass is 300 g/mol. The van der Waals surface area contributed by atoms with Gasteiger partial charge in [0.05, 0.1) is 16.7 Å². The van der Waals surface area contributed by atoms with Crippen LogP contribution in [0.1, 0.15) is 42.2 Å². The molecule has 0 aliphatic carbocycles. The average molecular weight is 300 g/mol. The van der Waals surface area contributed by atoms with Gasteiger partial charge in [-0.1, -0.05) is 24.3 Å². The van der Waals surface area contributed by atoms with E-state index < -0.39 is 17.9 Å². The van der Waals surface area contributed by atoms with Gasteiger partial charge in [-0.15, -0.1) is 0 Å². The lowest BCUT2D eigenvalue weighted by molar-refractivity contribution is 0.0651. The third-order valence-electron chi connectivity index (χ3n) is 3.19. The van der Waals surface area contributed by atoms with Crippen LogP contribution < -0.4 is 0 Å². The molecule has 0 radical (unpaired) electrons. The summed E-state index contributed by atoms with van der Waals surface area (Å²) in [5.74, 6) is -3.74. The Balaban J connectivity index is 2.43. The number of benzene rings is 2. The Morgan fingerprint density at radius 2 is 1.32 bits per heavy atom. The van der Waals surface area contributed by atoms with Gasteiger partial charge in [0, 0.05) is 0 Å². The molecule has 0 saturated heterocycles. The van der Waals surface area contributed by atoms with Gasteiger partial charge in [0.25, 0.3) is 0 Å². The van der Waals surface area contributed by atoms with Crippen molar-refractivity contribution in [2.24, 2.45) is 0 Å². The minimum Gasteiger partial charge on any atom is -0.478 e. The van der Waals surface area contributed by atoms with Gasteiger partial charge in [0.1, 0.15) is 0 Å². The molecule has 22 heavy (non-hydrogen) atoms. The van der Waals surface area contributed by atoms with E-state index in [-0.39, 0.29) is 23.1 Å². The van der Waals surface area contributed by atoms with Crippen molar-refractivity contribution in [1.82, 2.24) is 0 Å². The van der Waals surface area contributed by atoms with Gasteiger partial charge in [-0.2, -0.15) is 0 Å². The maximum absolute atomic E-state index is 11.2. The van der Waals surface area contributed by atoms with Crippen LogP contribution in [0.4, 0.5) is 0 Å². The molecule has 0 spiro atoms. The van der Waals surface area contributed by atoms with Crippen LogP contribution in [0.2, 0.25) is 0 Å². The van der Waals surface area contributed by atoms with Gasteiger partial charge in [0.15, 0.2) is 0 Å². The fourth-order valence-corrected chi connectivity index (χ4v) is 2.17. The standard InChI is InChI=1S/C16H12O6/c17-14(18)11-4-2-1-3-10(11)7-9-5-6-12(15(19)20)13(8-9)16(21)22/h1-6,8H,7H2,(H,17,18)(H,19,20)(H,21,22). The lowest BCUT2D eigenvalue weighted by Gasteiger charge is -2.08. The Hall–Kier alpha value is -3.15. The first kappa shape index (κ1) is 15.2. The number of hydrogen-bond donors (Lipinski definition) is 3. The minimum atomic E-state index is -1.34. The Morgan fingerprint density at radius 3 is 1.91 bits per heavy atom. The summed E-state index contributed by atoms with van der Waals surface area (Å²) < 4.78 is 0. The zero-order valence-corrected chi connectivity index (χ0v) is 11.3. The normalized spacial score (nSPS) is 10.2. The molecule has 0 aromatic heterocycles. The molecule has 2 aromatic rings. The highest BCUT2D eigenvalue weighted by Crippen LogP contribution is 2.18. The van der Waals surface area contributed by atoms with Gasteiger partial charge < -0.3 is 15.3 Å². The third-order valence-corrected chi connectivity index (χ3v) is 3.19. The second-order valence-electron chi connectivity index (χ2n) is 4.63. The van der Waals surface area contributed by atoms with Gasteiger partial charge in [-0.25, -0.2) is 14.4 Å². The van der Waals surface area contributed by atoms with E-state index in [0.29, 0.717) is 11.1 Å². The predicted molar refractivity (Wildman–Crippen MR) is 76.6 cm³/mol. The summed E-state index contributed by atoms with van der Waals surface area (Å²) in [6.45, 7) is 0. The van der Waals surface area contributed by atoms with E-state index in [4.69, 9.17) is 15.3 Å². The summed E-state index contributed by atoms with van der Waals surface area (Å²) in [5, 5.41) is 27.2. The number of carboxylic acid groups (broad SMARTS) is 3. The smallest absolute Gasteiger partial charge is 0.336 e. The fraction of sp³-hybridized carbons (Fsp3) is 0.0625. The largest absolute Gasteiger partial charge is 0.478 e. The number of aromatic carboxylic acids is 3. The quantitative estimate of drug-likeness (QED) is 0.781. The average Bonchev–Trinajstić information content (AvgIpc) is 2.47. The van der Waals surface area contributed by atoms with Gasteiger partial charge in [-0.3, -0.25) is 0 Å². The molecule has 0 aliphatic rings. The molecule has 0 saturated carbocycles. The van der Waals surface area contributed by atoms with Crippen molar-refractivity contribution in [3.63, 3.8) is 0 Å². The second-order valence-corrected chi connectivity index (χ2v) is 4.63. The molecule has 0 amide bonds.